The number of ketones is 2. The summed E-state index contributed by atoms with van der Waals surface area (Å²) in [4.78, 5) is 23.5. The normalized spacial score (nSPS) is 36.2. The molecule has 76 valence electrons. The van der Waals surface area contributed by atoms with Gasteiger partial charge in [0.05, 0.1) is 5.92 Å². The zero-order valence-electron chi connectivity index (χ0n) is 7.98. The third kappa shape index (κ3) is 1.32. The lowest BCUT2D eigenvalue weighted by Gasteiger charge is -2.16. The number of hydrogen-bond donors (Lipinski definition) is 1. The molecule has 0 aromatic rings. The maximum atomic E-state index is 11.8. The maximum Gasteiger partial charge on any atom is 0.147 e. The first kappa shape index (κ1) is 9.59. The van der Waals surface area contributed by atoms with Crippen molar-refractivity contribution in [3.05, 3.63) is 12.2 Å². The number of rotatable bonds is 2. The van der Waals surface area contributed by atoms with Crippen molar-refractivity contribution in [2.45, 2.75) is 19.3 Å². The summed E-state index contributed by atoms with van der Waals surface area (Å²) in [5, 5.41) is 8.78. The van der Waals surface area contributed by atoms with Crippen molar-refractivity contribution in [3.63, 3.8) is 0 Å². The van der Waals surface area contributed by atoms with Crippen LogP contribution >= 0.6 is 0 Å². The zero-order chi connectivity index (χ0) is 10.1. The first-order chi connectivity index (χ1) is 6.75. The van der Waals surface area contributed by atoms with Crippen LogP contribution in [0.1, 0.15) is 19.3 Å². The molecule has 2 atom stereocenters. The van der Waals surface area contributed by atoms with Gasteiger partial charge in [-0.05, 0) is 19.3 Å². The van der Waals surface area contributed by atoms with E-state index in [4.69, 9.17) is 5.11 Å². The third-order valence-electron chi connectivity index (χ3n) is 3.27. The molecule has 3 nitrogen and oxygen atoms in total. The van der Waals surface area contributed by atoms with Crippen LogP contribution < -0.4 is 0 Å². The molecular weight excluding hydrogens is 180 g/mol. The van der Waals surface area contributed by atoms with Crippen LogP contribution in [-0.2, 0) is 9.59 Å². The largest absolute Gasteiger partial charge is 0.396 e. The van der Waals surface area contributed by atoms with Crippen LogP contribution in [0.2, 0.25) is 0 Å². The molecule has 3 heteroatoms. The summed E-state index contributed by atoms with van der Waals surface area (Å²) in [6, 6.07) is 0. The number of aliphatic hydroxyl groups is 1. The van der Waals surface area contributed by atoms with Gasteiger partial charge < -0.3 is 5.11 Å². The first-order valence-electron chi connectivity index (χ1n) is 5.09. The van der Waals surface area contributed by atoms with Gasteiger partial charge in [-0.2, -0.15) is 0 Å². The monoisotopic (exact) mass is 194 g/mol. The summed E-state index contributed by atoms with van der Waals surface area (Å²) >= 11 is 0. The summed E-state index contributed by atoms with van der Waals surface area (Å²) in [5.74, 6) is -0.597. The minimum Gasteiger partial charge on any atom is -0.396 e. The van der Waals surface area contributed by atoms with Crippen LogP contribution in [0.4, 0.5) is 0 Å². The lowest BCUT2D eigenvalue weighted by molar-refractivity contribution is -0.129. The lowest BCUT2D eigenvalue weighted by Crippen LogP contribution is -2.18. The van der Waals surface area contributed by atoms with Gasteiger partial charge in [-0.3, -0.25) is 9.59 Å². The van der Waals surface area contributed by atoms with E-state index in [1.54, 1.807) is 0 Å². The average molecular weight is 194 g/mol. The fraction of sp³-hybridized carbons (Fsp3) is 0.636. The highest BCUT2D eigenvalue weighted by atomic mass is 16.3. The summed E-state index contributed by atoms with van der Waals surface area (Å²) in [5.41, 5.74) is 0. The number of carbonyl (C=O) groups is 2. The summed E-state index contributed by atoms with van der Waals surface area (Å²) < 4.78 is 0. The Morgan fingerprint density at radius 3 is 2.07 bits per heavy atom. The van der Waals surface area contributed by atoms with Crippen molar-refractivity contribution < 1.29 is 14.7 Å². The second-order valence-electron chi connectivity index (χ2n) is 4.03. The van der Waals surface area contributed by atoms with Crippen LogP contribution in [0.25, 0.3) is 0 Å². The Hall–Kier alpha value is -0.960. The van der Waals surface area contributed by atoms with Gasteiger partial charge in [0.25, 0.3) is 0 Å². The number of Topliss-reactive ketones (excluding diaryl/α,β-unsaturated/α-hetero) is 2. The minimum absolute atomic E-state index is 0.0541. The molecule has 0 aromatic carbocycles. The SMILES string of the molecule is O=C1C(CCO)C(=O)C2CC=CCC12. The van der Waals surface area contributed by atoms with Crippen molar-refractivity contribution in [1.29, 1.82) is 0 Å². The zero-order valence-corrected chi connectivity index (χ0v) is 7.98. The molecule has 0 saturated heterocycles. The minimum atomic E-state index is -0.519. The second-order valence-corrected chi connectivity index (χ2v) is 4.03. The average Bonchev–Trinajstić information content (AvgIpc) is 2.45. The molecule has 0 spiro atoms. The van der Waals surface area contributed by atoms with E-state index in [-0.39, 0.29) is 30.0 Å². The lowest BCUT2D eigenvalue weighted by atomic mass is 9.85. The molecule has 0 aliphatic heterocycles. The molecule has 14 heavy (non-hydrogen) atoms. The number of fused-ring (bicyclic) bond motifs is 1. The summed E-state index contributed by atoms with van der Waals surface area (Å²) in [7, 11) is 0. The van der Waals surface area contributed by atoms with E-state index < -0.39 is 5.92 Å². The Morgan fingerprint density at radius 1 is 1.14 bits per heavy atom. The molecule has 0 radical (unpaired) electrons. The fourth-order valence-corrected chi connectivity index (χ4v) is 2.51. The van der Waals surface area contributed by atoms with Crippen LogP contribution in [0.5, 0.6) is 0 Å². The van der Waals surface area contributed by atoms with Gasteiger partial charge >= 0.3 is 0 Å². The molecule has 0 amide bonds. The van der Waals surface area contributed by atoms with E-state index in [0.29, 0.717) is 19.3 Å². The highest BCUT2D eigenvalue weighted by molar-refractivity contribution is 6.11. The topological polar surface area (TPSA) is 54.4 Å². The van der Waals surface area contributed by atoms with Gasteiger partial charge in [0.2, 0.25) is 0 Å². The predicted molar refractivity (Wildman–Crippen MR) is 50.6 cm³/mol. The van der Waals surface area contributed by atoms with Gasteiger partial charge in [0.1, 0.15) is 11.6 Å². The first-order valence-corrected chi connectivity index (χ1v) is 5.09. The molecule has 0 heterocycles. The summed E-state index contributed by atoms with van der Waals surface area (Å²) in [6.07, 6.45) is 5.68. The summed E-state index contributed by atoms with van der Waals surface area (Å²) in [6.45, 7) is -0.0744. The highest BCUT2D eigenvalue weighted by Gasteiger charge is 2.48. The van der Waals surface area contributed by atoms with Gasteiger partial charge in [0, 0.05) is 18.4 Å². The predicted octanol–water partition coefficient (Wildman–Crippen LogP) is 0.719. The quantitative estimate of drug-likeness (QED) is 0.520. The van der Waals surface area contributed by atoms with Crippen molar-refractivity contribution >= 4 is 11.6 Å². The van der Waals surface area contributed by atoms with Gasteiger partial charge in [-0.1, -0.05) is 12.2 Å². The second kappa shape index (κ2) is 3.65. The molecule has 0 aromatic heterocycles. The molecule has 1 N–H and O–H groups in total. The number of hydrogen-bond acceptors (Lipinski definition) is 3. The highest BCUT2D eigenvalue weighted by Crippen LogP contribution is 2.38. The van der Waals surface area contributed by atoms with Crippen molar-refractivity contribution in [2.24, 2.45) is 17.8 Å². The Balaban J connectivity index is 2.19. The number of carbonyl (C=O) groups excluding carboxylic acids is 2. The standard InChI is InChI=1S/C11H14O3/c12-6-5-9-10(13)7-3-1-2-4-8(7)11(9)14/h1-2,7-9,12H,3-6H2. The van der Waals surface area contributed by atoms with Gasteiger partial charge in [-0.25, -0.2) is 0 Å². The molecule has 2 rings (SSSR count). The Bertz CT molecular complexity index is 267. The van der Waals surface area contributed by atoms with E-state index in [2.05, 4.69) is 0 Å². The third-order valence-corrected chi connectivity index (χ3v) is 3.27. The molecule has 2 aliphatic rings. The van der Waals surface area contributed by atoms with E-state index in [1.807, 2.05) is 12.2 Å². The van der Waals surface area contributed by atoms with Crippen LogP contribution in [-0.4, -0.2) is 23.3 Å². The molecule has 1 saturated carbocycles. The van der Waals surface area contributed by atoms with Gasteiger partial charge in [0.15, 0.2) is 0 Å². The molecular formula is C11H14O3. The van der Waals surface area contributed by atoms with Crippen molar-refractivity contribution in [2.75, 3.05) is 6.61 Å². The smallest absolute Gasteiger partial charge is 0.147 e. The van der Waals surface area contributed by atoms with E-state index in [1.165, 1.54) is 0 Å². The Labute approximate surface area is 82.8 Å². The molecule has 2 unspecified atom stereocenters. The van der Waals surface area contributed by atoms with E-state index in [0.717, 1.165) is 0 Å². The number of aliphatic hydroxyl groups excluding tert-OH is 1. The Kier molecular flexibility index (Phi) is 2.50. The van der Waals surface area contributed by atoms with Crippen molar-refractivity contribution in [3.8, 4) is 0 Å². The Morgan fingerprint density at radius 2 is 1.64 bits per heavy atom. The van der Waals surface area contributed by atoms with Crippen LogP contribution in [0.15, 0.2) is 12.2 Å². The number of allylic oxidation sites excluding steroid dienone is 2. The van der Waals surface area contributed by atoms with Gasteiger partial charge in [-0.15, -0.1) is 0 Å². The fourth-order valence-electron chi connectivity index (χ4n) is 2.51. The maximum absolute atomic E-state index is 11.8. The molecule has 1 fully saturated rings. The molecule has 0 bridgehead atoms. The van der Waals surface area contributed by atoms with Crippen LogP contribution in [0.3, 0.4) is 0 Å². The van der Waals surface area contributed by atoms with E-state index >= 15 is 0 Å². The van der Waals surface area contributed by atoms with Crippen molar-refractivity contribution in [1.82, 2.24) is 0 Å². The molecule has 2 aliphatic carbocycles. The van der Waals surface area contributed by atoms with E-state index in [9.17, 15) is 9.59 Å². The van der Waals surface area contributed by atoms with Crippen LogP contribution in [0, 0.1) is 17.8 Å².